The van der Waals surface area contributed by atoms with Crippen molar-refractivity contribution in [2.75, 3.05) is 5.32 Å². The summed E-state index contributed by atoms with van der Waals surface area (Å²) in [5.41, 5.74) is 5.53. The Balaban J connectivity index is 1.34. The summed E-state index contributed by atoms with van der Waals surface area (Å²) in [6.07, 6.45) is 6.65. The summed E-state index contributed by atoms with van der Waals surface area (Å²) in [4.78, 5) is 25.4. The van der Waals surface area contributed by atoms with E-state index in [1.165, 1.54) is 0 Å². The molecule has 0 radical (unpaired) electrons. The van der Waals surface area contributed by atoms with Gasteiger partial charge in [-0.2, -0.15) is 4.98 Å². The zero-order valence-corrected chi connectivity index (χ0v) is 20.7. The van der Waals surface area contributed by atoms with Gasteiger partial charge in [0.25, 0.3) is 17.4 Å². The fourth-order valence-corrected chi connectivity index (χ4v) is 4.79. The standard InChI is InChI=1S/C27H23ClN6O2/c1-14-4-6-19(12-20(14)21-10-17-13-29-15(2)8-24(17)34(3)26(21)35)30-27-32-25(36-33-27)23-11-16-9-18(28)5-7-22(16)31-23/h4,6-13,18,31H,5H2,1-3H3,(H,30,33). The summed E-state index contributed by atoms with van der Waals surface area (Å²) in [5, 5.41) is 10.2. The third-order valence-corrected chi connectivity index (χ3v) is 6.78. The highest BCUT2D eigenvalue weighted by atomic mass is 35.5. The Hall–Kier alpha value is -4.17. The first kappa shape index (κ1) is 22.3. The van der Waals surface area contributed by atoms with Crippen LogP contribution < -0.4 is 21.4 Å². The average Bonchev–Trinajstić information content (AvgIpc) is 3.49. The normalized spacial score (nSPS) is 14.8. The van der Waals surface area contributed by atoms with E-state index in [1.807, 2.05) is 56.3 Å². The number of anilines is 2. The summed E-state index contributed by atoms with van der Waals surface area (Å²) in [6.45, 7) is 3.89. The van der Waals surface area contributed by atoms with Gasteiger partial charge in [-0.05, 0) is 72.1 Å². The largest absolute Gasteiger partial charge is 0.351 e. The van der Waals surface area contributed by atoms with Crippen LogP contribution in [0.25, 0.3) is 45.8 Å². The number of nitrogens with zero attached hydrogens (tertiary/aromatic N) is 4. The number of hydrogen-bond acceptors (Lipinski definition) is 6. The molecule has 4 heterocycles. The van der Waals surface area contributed by atoms with Crippen LogP contribution in [0.2, 0.25) is 0 Å². The molecule has 8 nitrogen and oxygen atoms in total. The maximum atomic E-state index is 13.2. The van der Waals surface area contributed by atoms with Crippen LogP contribution >= 0.6 is 11.6 Å². The van der Waals surface area contributed by atoms with Crippen LogP contribution in [0.4, 0.5) is 11.6 Å². The van der Waals surface area contributed by atoms with Gasteiger partial charge in [-0.15, -0.1) is 11.6 Å². The summed E-state index contributed by atoms with van der Waals surface area (Å²) in [6, 6.07) is 11.6. The minimum absolute atomic E-state index is 0.0170. The third-order valence-electron chi connectivity index (χ3n) is 6.47. The van der Waals surface area contributed by atoms with E-state index in [4.69, 9.17) is 16.1 Å². The Labute approximate surface area is 211 Å². The van der Waals surface area contributed by atoms with E-state index in [1.54, 1.807) is 17.8 Å². The topological polar surface area (TPSA) is 102 Å². The lowest BCUT2D eigenvalue weighted by molar-refractivity contribution is 0.431. The first-order valence-electron chi connectivity index (χ1n) is 11.6. The molecule has 2 N–H and O–H groups in total. The third kappa shape index (κ3) is 3.89. The molecule has 0 spiro atoms. The number of rotatable bonds is 4. The molecular formula is C27H23ClN6O2. The number of hydrogen-bond donors (Lipinski definition) is 2. The summed E-state index contributed by atoms with van der Waals surface area (Å²) in [5.74, 6) is 0.694. The van der Waals surface area contributed by atoms with Crippen LogP contribution in [0, 0.1) is 13.8 Å². The number of benzene rings is 1. The zero-order valence-electron chi connectivity index (χ0n) is 20.0. The molecule has 1 aliphatic carbocycles. The lowest BCUT2D eigenvalue weighted by Crippen LogP contribution is -2.27. The van der Waals surface area contributed by atoms with Crippen molar-refractivity contribution in [2.45, 2.75) is 25.6 Å². The van der Waals surface area contributed by atoms with Crippen molar-refractivity contribution in [3.05, 3.63) is 74.8 Å². The molecule has 36 heavy (non-hydrogen) atoms. The van der Waals surface area contributed by atoms with E-state index in [9.17, 15) is 4.79 Å². The fourth-order valence-electron chi connectivity index (χ4n) is 4.56. The molecule has 180 valence electrons. The average molecular weight is 499 g/mol. The van der Waals surface area contributed by atoms with Gasteiger partial charge < -0.3 is 19.4 Å². The molecule has 0 amide bonds. The van der Waals surface area contributed by atoms with Crippen LogP contribution in [-0.2, 0) is 7.05 Å². The minimum atomic E-state index is -0.0706. The van der Waals surface area contributed by atoms with Crippen molar-refractivity contribution < 1.29 is 4.52 Å². The predicted octanol–water partition coefficient (Wildman–Crippen LogP) is 3.91. The lowest BCUT2D eigenvalue weighted by Gasteiger charge is -2.12. The van der Waals surface area contributed by atoms with Gasteiger partial charge in [-0.3, -0.25) is 9.78 Å². The number of aromatic amines is 1. The van der Waals surface area contributed by atoms with Gasteiger partial charge in [0.05, 0.1) is 10.9 Å². The summed E-state index contributed by atoms with van der Waals surface area (Å²) in [7, 11) is 1.78. The fraction of sp³-hybridized carbons (Fsp3) is 0.185. The Kier molecular flexibility index (Phi) is 5.26. The number of nitrogens with one attached hydrogen (secondary N) is 2. The number of aromatic nitrogens is 5. The van der Waals surface area contributed by atoms with Gasteiger partial charge in [0.2, 0.25) is 0 Å². The number of fused-ring (bicyclic) bond motifs is 2. The van der Waals surface area contributed by atoms with Crippen molar-refractivity contribution in [1.29, 1.82) is 0 Å². The first-order valence-corrected chi connectivity index (χ1v) is 12.0. The molecule has 1 aromatic carbocycles. The number of H-pyrrole nitrogens is 1. The van der Waals surface area contributed by atoms with Crippen LogP contribution in [0.1, 0.15) is 17.7 Å². The van der Waals surface area contributed by atoms with Gasteiger partial charge in [0, 0.05) is 40.9 Å². The Morgan fingerprint density at radius 2 is 2.03 bits per heavy atom. The smallest absolute Gasteiger partial charge is 0.275 e. The van der Waals surface area contributed by atoms with Gasteiger partial charge in [0.1, 0.15) is 5.69 Å². The maximum Gasteiger partial charge on any atom is 0.275 e. The van der Waals surface area contributed by atoms with Gasteiger partial charge >= 0.3 is 0 Å². The molecule has 0 fully saturated rings. The van der Waals surface area contributed by atoms with Crippen LogP contribution in [-0.4, -0.2) is 30.1 Å². The van der Waals surface area contributed by atoms with E-state index in [-0.39, 0.29) is 10.9 Å². The molecule has 0 saturated heterocycles. The SMILES string of the molecule is Cc1cc2c(cn1)cc(-c1cc(Nc3noc(-c4cc5c([nH]4)=CCC(Cl)C=5)n3)ccc1C)c(=O)n2C. The predicted molar refractivity (Wildman–Crippen MR) is 142 cm³/mol. The molecule has 0 aliphatic heterocycles. The molecule has 1 atom stereocenters. The lowest BCUT2D eigenvalue weighted by atomic mass is 9.99. The van der Waals surface area contributed by atoms with Crippen molar-refractivity contribution in [3.63, 3.8) is 0 Å². The molecule has 1 unspecified atom stereocenters. The van der Waals surface area contributed by atoms with Crippen LogP contribution in [0.5, 0.6) is 0 Å². The highest BCUT2D eigenvalue weighted by Gasteiger charge is 2.15. The second kappa shape index (κ2) is 8.49. The summed E-state index contributed by atoms with van der Waals surface area (Å²) >= 11 is 6.23. The monoisotopic (exact) mass is 498 g/mol. The highest BCUT2D eigenvalue weighted by Crippen LogP contribution is 2.28. The van der Waals surface area contributed by atoms with Gasteiger partial charge in [-0.25, -0.2) is 0 Å². The van der Waals surface area contributed by atoms with E-state index in [2.05, 4.69) is 31.5 Å². The Morgan fingerprint density at radius 1 is 1.17 bits per heavy atom. The van der Waals surface area contributed by atoms with Crippen LogP contribution in [0.3, 0.4) is 0 Å². The Bertz CT molecular complexity index is 1830. The second-order valence-electron chi connectivity index (χ2n) is 9.06. The minimum Gasteiger partial charge on any atom is -0.351 e. The van der Waals surface area contributed by atoms with E-state index < -0.39 is 0 Å². The number of pyridine rings is 2. The quantitative estimate of drug-likeness (QED) is 0.364. The molecule has 6 rings (SSSR count). The number of alkyl halides is 1. The van der Waals surface area contributed by atoms with E-state index in [0.717, 1.165) is 56.1 Å². The molecule has 9 heteroatoms. The number of halogens is 1. The molecule has 5 aromatic rings. The first-order chi connectivity index (χ1) is 17.4. The zero-order chi connectivity index (χ0) is 25.0. The Morgan fingerprint density at radius 3 is 2.89 bits per heavy atom. The molecule has 0 bridgehead atoms. The van der Waals surface area contributed by atoms with E-state index >= 15 is 0 Å². The highest BCUT2D eigenvalue weighted by molar-refractivity contribution is 6.24. The molecule has 0 saturated carbocycles. The molecule has 4 aromatic heterocycles. The van der Waals surface area contributed by atoms with Gasteiger partial charge in [-0.1, -0.05) is 18.2 Å². The van der Waals surface area contributed by atoms with Crippen molar-refractivity contribution in [1.82, 2.24) is 24.7 Å². The van der Waals surface area contributed by atoms with Crippen molar-refractivity contribution in [2.24, 2.45) is 7.05 Å². The molecular weight excluding hydrogens is 476 g/mol. The van der Waals surface area contributed by atoms with Gasteiger partial charge in [0.15, 0.2) is 0 Å². The van der Waals surface area contributed by atoms with Crippen molar-refractivity contribution in [3.8, 4) is 22.7 Å². The van der Waals surface area contributed by atoms with E-state index in [0.29, 0.717) is 17.4 Å². The molecule has 1 aliphatic rings. The maximum absolute atomic E-state index is 13.2. The summed E-state index contributed by atoms with van der Waals surface area (Å²) < 4.78 is 7.15. The second-order valence-corrected chi connectivity index (χ2v) is 9.62. The van der Waals surface area contributed by atoms with Crippen molar-refractivity contribution >= 4 is 46.3 Å². The van der Waals surface area contributed by atoms with Crippen LogP contribution in [0.15, 0.2) is 51.9 Å². The number of aryl methyl sites for hydroxylation is 3.